The molecule has 1 atom stereocenters. The number of nitrogens with zero attached hydrogens (tertiary/aromatic N) is 3. The molecular formula is C20H28N4O3. The molecule has 1 saturated heterocycles. The van der Waals surface area contributed by atoms with Crippen LogP contribution in [0.1, 0.15) is 29.0 Å². The van der Waals surface area contributed by atoms with Gasteiger partial charge in [-0.2, -0.15) is 0 Å². The normalized spacial score (nSPS) is 17.0. The lowest BCUT2D eigenvalue weighted by atomic mass is 9.97. The van der Waals surface area contributed by atoms with E-state index in [0.29, 0.717) is 36.1 Å². The van der Waals surface area contributed by atoms with E-state index < -0.39 is 0 Å². The zero-order chi connectivity index (χ0) is 19.2. The molecule has 1 fully saturated rings. The summed E-state index contributed by atoms with van der Waals surface area (Å²) in [7, 11) is 1.58. The van der Waals surface area contributed by atoms with Crippen molar-refractivity contribution < 1.29 is 14.3 Å². The minimum atomic E-state index is 0.0299. The Kier molecular flexibility index (Phi) is 6.34. The second kappa shape index (κ2) is 8.90. The number of ether oxygens (including phenoxy) is 2. The molecule has 2 aromatic rings. The van der Waals surface area contributed by atoms with Crippen LogP contribution in [0.25, 0.3) is 0 Å². The lowest BCUT2D eigenvalue weighted by Crippen LogP contribution is -2.41. The van der Waals surface area contributed by atoms with Crippen LogP contribution in [0, 0.1) is 12.8 Å². The highest BCUT2D eigenvalue weighted by Gasteiger charge is 2.25. The van der Waals surface area contributed by atoms with E-state index in [0.717, 1.165) is 38.3 Å². The van der Waals surface area contributed by atoms with Gasteiger partial charge in [-0.05, 0) is 43.9 Å². The number of amides is 1. The number of aromatic nitrogens is 2. The average Bonchev–Trinajstić information content (AvgIpc) is 3.10. The third-order valence-electron chi connectivity index (χ3n) is 4.97. The summed E-state index contributed by atoms with van der Waals surface area (Å²) >= 11 is 0. The first-order chi connectivity index (χ1) is 13.1. The number of likely N-dealkylation sites (tertiary alicyclic amines) is 1. The van der Waals surface area contributed by atoms with Crippen molar-refractivity contribution in [1.29, 1.82) is 0 Å². The number of nitrogens with two attached hydrogens (primary N) is 1. The molecule has 0 aliphatic carbocycles. The molecule has 0 bridgehead atoms. The average molecular weight is 372 g/mol. The van der Waals surface area contributed by atoms with Gasteiger partial charge in [0.05, 0.1) is 7.11 Å². The number of imidazole rings is 1. The number of aryl methyl sites for hydroxylation is 1. The summed E-state index contributed by atoms with van der Waals surface area (Å²) in [5.41, 5.74) is 6.13. The highest BCUT2D eigenvalue weighted by molar-refractivity contribution is 5.95. The lowest BCUT2D eigenvalue weighted by Gasteiger charge is -2.33. The molecule has 2 heterocycles. The standard InChI is InChI=1S/C20H28N4O3/c1-15-22-8-10-23(15)13-16-4-3-9-24(14-16)20(25)17-5-6-18(26-2)19(12-17)27-11-7-21/h5-6,8,10,12,16H,3-4,7,9,11,13-14,21H2,1-2H3/t16-/m1/s1. The minimum Gasteiger partial charge on any atom is -0.493 e. The summed E-state index contributed by atoms with van der Waals surface area (Å²) < 4.78 is 13.1. The van der Waals surface area contributed by atoms with Crippen molar-refractivity contribution in [1.82, 2.24) is 14.5 Å². The van der Waals surface area contributed by atoms with Crippen LogP contribution in [0.2, 0.25) is 0 Å². The number of carbonyl (C=O) groups excluding carboxylic acids is 1. The molecule has 1 aromatic carbocycles. The van der Waals surface area contributed by atoms with Crippen molar-refractivity contribution in [2.75, 3.05) is 33.4 Å². The van der Waals surface area contributed by atoms with Crippen LogP contribution >= 0.6 is 0 Å². The van der Waals surface area contributed by atoms with Crippen molar-refractivity contribution in [3.05, 3.63) is 42.0 Å². The van der Waals surface area contributed by atoms with Gasteiger partial charge in [0.25, 0.3) is 5.91 Å². The van der Waals surface area contributed by atoms with Crippen molar-refractivity contribution in [3.63, 3.8) is 0 Å². The Morgan fingerprint density at radius 1 is 1.37 bits per heavy atom. The highest BCUT2D eigenvalue weighted by Crippen LogP contribution is 2.29. The van der Waals surface area contributed by atoms with E-state index >= 15 is 0 Å². The maximum Gasteiger partial charge on any atom is 0.254 e. The fourth-order valence-electron chi connectivity index (χ4n) is 3.55. The quantitative estimate of drug-likeness (QED) is 0.805. The number of carbonyl (C=O) groups is 1. The van der Waals surface area contributed by atoms with Crippen molar-refractivity contribution in [3.8, 4) is 11.5 Å². The first kappa shape index (κ1) is 19.2. The van der Waals surface area contributed by atoms with Gasteiger partial charge in [0.1, 0.15) is 12.4 Å². The predicted molar refractivity (Wildman–Crippen MR) is 103 cm³/mol. The molecule has 2 N–H and O–H groups in total. The van der Waals surface area contributed by atoms with Gasteiger partial charge in [0.15, 0.2) is 11.5 Å². The molecule has 0 spiro atoms. The monoisotopic (exact) mass is 372 g/mol. The molecule has 146 valence electrons. The Balaban J connectivity index is 1.70. The van der Waals surface area contributed by atoms with Gasteiger partial charge in [0.2, 0.25) is 0 Å². The summed E-state index contributed by atoms with van der Waals surface area (Å²) in [5, 5.41) is 0. The minimum absolute atomic E-state index is 0.0299. The van der Waals surface area contributed by atoms with Crippen LogP contribution in [0.5, 0.6) is 11.5 Å². The maximum absolute atomic E-state index is 13.0. The Morgan fingerprint density at radius 2 is 2.22 bits per heavy atom. The number of methoxy groups -OCH3 is 1. The molecule has 3 rings (SSSR count). The van der Waals surface area contributed by atoms with Gasteiger partial charge in [-0.15, -0.1) is 0 Å². The molecule has 7 heteroatoms. The van der Waals surface area contributed by atoms with Gasteiger partial charge >= 0.3 is 0 Å². The largest absolute Gasteiger partial charge is 0.493 e. The fraction of sp³-hybridized carbons (Fsp3) is 0.500. The number of rotatable bonds is 7. The smallest absolute Gasteiger partial charge is 0.254 e. The predicted octanol–water partition coefficient (Wildman–Crippen LogP) is 2.09. The second-order valence-corrected chi connectivity index (χ2v) is 6.89. The first-order valence-electron chi connectivity index (χ1n) is 9.40. The third kappa shape index (κ3) is 4.60. The van der Waals surface area contributed by atoms with E-state index in [1.54, 1.807) is 25.3 Å². The molecule has 27 heavy (non-hydrogen) atoms. The Morgan fingerprint density at radius 3 is 2.93 bits per heavy atom. The maximum atomic E-state index is 13.0. The lowest BCUT2D eigenvalue weighted by molar-refractivity contribution is 0.0661. The van der Waals surface area contributed by atoms with E-state index in [1.165, 1.54) is 0 Å². The molecule has 0 unspecified atom stereocenters. The van der Waals surface area contributed by atoms with E-state index in [9.17, 15) is 4.79 Å². The van der Waals surface area contributed by atoms with E-state index in [2.05, 4.69) is 9.55 Å². The molecule has 1 aromatic heterocycles. The highest BCUT2D eigenvalue weighted by atomic mass is 16.5. The Bertz CT molecular complexity index is 774. The van der Waals surface area contributed by atoms with Crippen LogP contribution in [0.15, 0.2) is 30.6 Å². The van der Waals surface area contributed by atoms with Gasteiger partial charge in [-0.3, -0.25) is 4.79 Å². The van der Waals surface area contributed by atoms with Crippen LogP contribution in [0.4, 0.5) is 0 Å². The first-order valence-corrected chi connectivity index (χ1v) is 9.40. The number of benzene rings is 1. The SMILES string of the molecule is COc1ccc(C(=O)N2CCC[C@H](Cn3ccnc3C)C2)cc1OCCN. The topological polar surface area (TPSA) is 82.6 Å². The van der Waals surface area contributed by atoms with Crippen molar-refractivity contribution in [2.45, 2.75) is 26.3 Å². The summed E-state index contributed by atoms with van der Waals surface area (Å²) in [6.45, 7) is 5.21. The van der Waals surface area contributed by atoms with Crippen molar-refractivity contribution in [2.24, 2.45) is 11.7 Å². The van der Waals surface area contributed by atoms with Gasteiger partial charge in [0, 0.05) is 44.1 Å². The second-order valence-electron chi connectivity index (χ2n) is 6.89. The van der Waals surface area contributed by atoms with E-state index in [1.807, 2.05) is 24.2 Å². The van der Waals surface area contributed by atoms with Crippen molar-refractivity contribution >= 4 is 5.91 Å². The molecule has 1 aliphatic heterocycles. The van der Waals surface area contributed by atoms with E-state index in [-0.39, 0.29) is 5.91 Å². The number of piperidine rings is 1. The van der Waals surface area contributed by atoms with Crippen LogP contribution in [0.3, 0.4) is 0 Å². The molecular weight excluding hydrogens is 344 g/mol. The van der Waals surface area contributed by atoms with E-state index in [4.69, 9.17) is 15.2 Å². The summed E-state index contributed by atoms with van der Waals surface area (Å²) in [6, 6.07) is 5.32. The third-order valence-corrected chi connectivity index (χ3v) is 4.97. The molecule has 1 amide bonds. The summed E-state index contributed by atoms with van der Waals surface area (Å²) in [5.74, 6) is 2.63. The number of hydrogen-bond donors (Lipinski definition) is 1. The van der Waals surface area contributed by atoms with Gasteiger partial charge in [-0.25, -0.2) is 4.98 Å². The Hall–Kier alpha value is -2.54. The fourth-order valence-corrected chi connectivity index (χ4v) is 3.55. The molecule has 0 radical (unpaired) electrons. The van der Waals surface area contributed by atoms with Gasteiger partial charge < -0.3 is 24.7 Å². The zero-order valence-corrected chi connectivity index (χ0v) is 16.1. The number of hydrogen-bond acceptors (Lipinski definition) is 5. The van der Waals surface area contributed by atoms with Crippen LogP contribution in [-0.4, -0.2) is 53.7 Å². The zero-order valence-electron chi connectivity index (χ0n) is 16.1. The van der Waals surface area contributed by atoms with Crippen LogP contribution in [-0.2, 0) is 6.54 Å². The van der Waals surface area contributed by atoms with Crippen LogP contribution < -0.4 is 15.2 Å². The Labute approximate surface area is 160 Å². The molecule has 0 saturated carbocycles. The molecule has 1 aliphatic rings. The van der Waals surface area contributed by atoms with Gasteiger partial charge in [-0.1, -0.05) is 0 Å². The summed E-state index contributed by atoms with van der Waals surface area (Å²) in [4.78, 5) is 19.2. The molecule has 7 nitrogen and oxygen atoms in total. The summed E-state index contributed by atoms with van der Waals surface area (Å²) in [6.07, 6.45) is 5.95.